The van der Waals surface area contributed by atoms with Crippen molar-refractivity contribution in [1.29, 1.82) is 0 Å². The summed E-state index contributed by atoms with van der Waals surface area (Å²) >= 11 is 0. The molecule has 0 saturated heterocycles. The van der Waals surface area contributed by atoms with Crippen LogP contribution in [-0.4, -0.2) is 12.1 Å². The highest BCUT2D eigenvalue weighted by molar-refractivity contribution is 5.89. The van der Waals surface area contributed by atoms with Gasteiger partial charge in [-0.1, -0.05) is 108 Å². The van der Waals surface area contributed by atoms with Crippen LogP contribution in [0.15, 0.2) is 48.5 Å². The Kier molecular flexibility index (Phi) is 11.1. The predicted octanol–water partition coefficient (Wildman–Crippen LogP) is 9.84. The van der Waals surface area contributed by atoms with Gasteiger partial charge in [0.05, 0.1) is 5.56 Å². The van der Waals surface area contributed by atoms with Gasteiger partial charge in [-0.2, -0.15) is 0 Å². The van der Waals surface area contributed by atoms with Gasteiger partial charge in [0.1, 0.15) is 6.10 Å². The van der Waals surface area contributed by atoms with Crippen molar-refractivity contribution in [2.45, 2.75) is 129 Å². The number of esters is 1. The molecule has 2 aromatic rings. The molecule has 0 radical (unpaired) electrons. The summed E-state index contributed by atoms with van der Waals surface area (Å²) in [5, 5.41) is 0. The number of aryl methyl sites for hydroxylation is 2. The van der Waals surface area contributed by atoms with Gasteiger partial charge in [-0.25, -0.2) is 4.79 Å². The summed E-state index contributed by atoms with van der Waals surface area (Å²) in [6.45, 7) is 4.53. The lowest BCUT2D eigenvalue weighted by molar-refractivity contribution is 0.0195. The van der Waals surface area contributed by atoms with Gasteiger partial charge in [-0.05, 0) is 91.5 Å². The van der Waals surface area contributed by atoms with Crippen LogP contribution in [0.25, 0.3) is 0 Å². The van der Waals surface area contributed by atoms with Gasteiger partial charge in [-0.15, -0.1) is 0 Å². The molecule has 0 amide bonds. The molecule has 2 nitrogen and oxygen atoms in total. The predicted molar refractivity (Wildman–Crippen MR) is 155 cm³/mol. The number of rotatable bonds is 12. The molecule has 2 aliphatic carbocycles. The van der Waals surface area contributed by atoms with Gasteiger partial charge in [0.15, 0.2) is 0 Å². The summed E-state index contributed by atoms with van der Waals surface area (Å²) in [7, 11) is 0. The molecule has 0 atom stereocenters. The number of carbonyl (C=O) groups excluding carboxylic acids is 1. The fourth-order valence-corrected chi connectivity index (χ4v) is 6.65. The van der Waals surface area contributed by atoms with Crippen LogP contribution in [-0.2, 0) is 17.6 Å². The van der Waals surface area contributed by atoms with E-state index in [1.807, 2.05) is 12.1 Å². The standard InChI is InChI=1S/C35H50O2/c1-3-5-6-8-28-9-11-29(12-10-28)13-14-30-17-21-33(22-18-30)35(36)37-34-25-23-32(24-26-34)31-19-15-27(7-4-2)16-20-31/h15-22,28-29,32,34H,3-14,23-26H2,1-2H3. The highest BCUT2D eigenvalue weighted by atomic mass is 16.5. The lowest BCUT2D eigenvalue weighted by Gasteiger charge is -2.29. The zero-order chi connectivity index (χ0) is 25.9. The fraction of sp³-hybridized carbons (Fsp3) is 0.629. The third-order valence-corrected chi connectivity index (χ3v) is 9.15. The SMILES string of the molecule is CCCCCC1CCC(CCc2ccc(C(=O)OC3CCC(c4ccc(CCC)cc4)CC3)cc2)CC1. The van der Waals surface area contributed by atoms with Gasteiger partial charge in [0, 0.05) is 0 Å². The number of hydrogen-bond donors (Lipinski definition) is 0. The first-order valence-corrected chi connectivity index (χ1v) is 15.5. The van der Waals surface area contributed by atoms with Crippen LogP contribution in [0.2, 0.25) is 0 Å². The Bertz CT molecular complexity index is 913. The van der Waals surface area contributed by atoms with Crippen molar-refractivity contribution in [1.82, 2.24) is 0 Å². The number of unbranched alkanes of at least 4 members (excludes halogenated alkanes) is 2. The van der Waals surface area contributed by atoms with E-state index in [4.69, 9.17) is 4.74 Å². The maximum atomic E-state index is 12.8. The second-order valence-corrected chi connectivity index (χ2v) is 12.0. The summed E-state index contributed by atoms with van der Waals surface area (Å²) < 4.78 is 5.91. The largest absolute Gasteiger partial charge is 0.459 e. The van der Waals surface area contributed by atoms with Crippen molar-refractivity contribution in [2.75, 3.05) is 0 Å². The smallest absolute Gasteiger partial charge is 0.338 e. The third-order valence-electron chi connectivity index (χ3n) is 9.15. The summed E-state index contributed by atoms with van der Waals surface area (Å²) in [4.78, 5) is 12.8. The lowest BCUT2D eigenvalue weighted by Crippen LogP contribution is -2.24. The Balaban J connectivity index is 1.15. The Morgan fingerprint density at radius 3 is 1.89 bits per heavy atom. The van der Waals surface area contributed by atoms with E-state index in [0.717, 1.165) is 50.4 Å². The van der Waals surface area contributed by atoms with Crippen LogP contribution in [0.3, 0.4) is 0 Å². The molecule has 2 aliphatic rings. The van der Waals surface area contributed by atoms with Crippen LogP contribution in [0.5, 0.6) is 0 Å². The van der Waals surface area contributed by atoms with Gasteiger partial charge in [0.25, 0.3) is 0 Å². The first-order valence-electron chi connectivity index (χ1n) is 15.5. The van der Waals surface area contributed by atoms with Crippen LogP contribution in [0.1, 0.15) is 137 Å². The Labute approximate surface area is 226 Å². The highest BCUT2D eigenvalue weighted by Gasteiger charge is 2.25. The summed E-state index contributed by atoms with van der Waals surface area (Å²) in [6, 6.07) is 17.4. The molecule has 202 valence electrons. The molecular weight excluding hydrogens is 452 g/mol. The topological polar surface area (TPSA) is 26.3 Å². The normalized spacial score (nSPS) is 24.1. The van der Waals surface area contributed by atoms with E-state index in [1.165, 1.54) is 80.9 Å². The van der Waals surface area contributed by atoms with E-state index in [0.29, 0.717) is 11.5 Å². The summed E-state index contributed by atoms with van der Waals surface area (Å²) in [6.07, 6.45) is 20.3. The van der Waals surface area contributed by atoms with E-state index >= 15 is 0 Å². The first-order chi connectivity index (χ1) is 18.1. The lowest BCUT2D eigenvalue weighted by atomic mass is 9.78. The van der Waals surface area contributed by atoms with Crippen LogP contribution in [0.4, 0.5) is 0 Å². The average molecular weight is 503 g/mol. The van der Waals surface area contributed by atoms with E-state index in [-0.39, 0.29) is 12.1 Å². The van der Waals surface area contributed by atoms with Gasteiger partial charge in [-0.3, -0.25) is 0 Å². The molecule has 2 heteroatoms. The minimum atomic E-state index is -0.152. The van der Waals surface area contributed by atoms with E-state index in [1.54, 1.807) is 0 Å². The monoisotopic (exact) mass is 502 g/mol. The molecule has 0 heterocycles. The maximum absolute atomic E-state index is 12.8. The van der Waals surface area contributed by atoms with E-state index < -0.39 is 0 Å². The molecule has 0 unspecified atom stereocenters. The molecule has 2 saturated carbocycles. The van der Waals surface area contributed by atoms with Crippen molar-refractivity contribution < 1.29 is 9.53 Å². The van der Waals surface area contributed by atoms with Gasteiger partial charge in [0.2, 0.25) is 0 Å². The Morgan fingerprint density at radius 1 is 0.676 bits per heavy atom. The minimum absolute atomic E-state index is 0.0555. The molecule has 4 rings (SSSR count). The second-order valence-electron chi connectivity index (χ2n) is 12.0. The summed E-state index contributed by atoms with van der Waals surface area (Å²) in [5.74, 6) is 2.32. The molecule has 2 fully saturated rings. The van der Waals surface area contributed by atoms with E-state index in [9.17, 15) is 4.79 Å². The summed E-state index contributed by atoms with van der Waals surface area (Å²) in [5.41, 5.74) is 4.93. The number of benzene rings is 2. The second kappa shape index (κ2) is 14.7. The van der Waals surface area contributed by atoms with Crippen molar-refractivity contribution >= 4 is 5.97 Å². The molecular formula is C35H50O2. The van der Waals surface area contributed by atoms with Crippen molar-refractivity contribution in [2.24, 2.45) is 11.8 Å². The molecule has 0 N–H and O–H groups in total. The fourth-order valence-electron chi connectivity index (χ4n) is 6.65. The number of ether oxygens (including phenoxy) is 1. The average Bonchev–Trinajstić information content (AvgIpc) is 2.94. The van der Waals surface area contributed by atoms with E-state index in [2.05, 4.69) is 50.2 Å². The van der Waals surface area contributed by atoms with Crippen molar-refractivity contribution in [3.8, 4) is 0 Å². The van der Waals surface area contributed by atoms with Crippen LogP contribution < -0.4 is 0 Å². The van der Waals surface area contributed by atoms with Crippen LogP contribution in [0, 0.1) is 11.8 Å². The highest BCUT2D eigenvalue weighted by Crippen LogP contribution is 2.35. The minimum Gasteiger partial charge on any atom is -0.459 e. The van der Waals surface area contributed by atoms with Crippen molar-refractivity contribution in [3.05, 3.63) is 70.8 Å². The number of hydrogen-bond acceptors (Lipinski definition) is 2. The molecule has 0 bridgehead atoms. The molecule has 37 heavy (non-hydrogen) atoms. The van der Waals surface area contributed by atoms with Crippen LogP contribution >= 0.6 is 0 Å². The van der Waals surface area contributed by atoms with Gasteiger partial charge < -0.3 is 4.74 Å². The third kappa shape index (κ3) is 8.72. The molecule has 0 aliphatic heterocycles. The quantitative estimate of drug-likeness (QED) is 0.213. The zero-order valence-electron chi connectivity index (χ0n) is 23.6. The molecule has 2 aromatic carbocycles. The molecule has 0 spiro atoms. The Hall–Kier alpha value is -2.09. The first kappa shape index (κ1) is 27.9. The zero-order valence-corrected chi connectivity index (χ0v) is 23.6. The number of carbonyl (C=O) groups is 1. The Morgan fingerprint density at radius 2 is 1.27 bits per heavy atom. The molecule has 0 aromatic heterocycles. The van der Waals surface area contributed by atoms with Crippen molar-refractivity contribution in [3.63, 3.8) is 0 Å². The maximum Gasteiger partial charge on any atom is 0.338 e. The van der Waals surface area contributed by atoms with Gasteiger partial charge >= 0.3 is 5.97 Å².